The van der Waals surface area contributed by atoms with Crippen molar-refractivity contribution >= 4 is 11.7 Å². The lowest BCUT2D eigenvalue weighted by atomic mass is 9.70. The van der Waals surface area contributed by atoms with Crippen LogP contribution in [0, 0.1) is 17.7 Å². The average Bonchev–Trinajstić information content (AvgIpc) is 3.38. The van der Waals surface area contributed by atoms with E-state index >= 15 is 0 Å². The summed E-state index contributed by atoms with van der Waals surface area (Å²) in [6.45, 7) is 0.866. The van der Waals surface area contributed by atoms with Gasteiger partial charge in [-0.1, -0.05) is 42.5 Å². The summed E-state index contributed by atoms with van der Waals surface area (Å²) in [5, 5.41) is 11.8. The van der Waals surface area contributed by atoms with Crippen LogP contribution in [0.2, 0.25) is 0 Å². The normalized spacial score (nSPS) is 30.8. The number of benzene rings is 2. The number of hydrogen-bond donors (Lipinski definition) is 0. The van der Waals surface area contributed by atoms with Gasteiger partial charge in [-0.2, -0.15) is 0 Å². The molecule has 0 N–H and O–H groups in total. The first-order valence-electron chi connectivity index (χ1n) is 10.4. The van der Waals surface area contributed by atoms with Gasteiger partial charge < -0.3 is 14.8 Å². The molecule has 6 rings (SSSR count). The van der Waals surface area contributed by atoms with Crippen LogP contribution in [0.5, 0.6) is 0 Å². The summed E-state index contributed by atoms with van der Waals surface area (Å²) in [6.07, 6.45) is 10.6. The molecule has 0 aromatic heterocycles. The second kappa shape index (κ2) is 6.06. The smallest absolute Gasteiger partial charge is 0.128 e. The van der Waals surface area contributed by atoms with Crippen molar-refractivity contribution in [3.05, 3.63) is 88.8 Å². The van der Waals surface area contributed by atoms with Gasteiger partial charge in [0.2, 0.25) is 0 Å². The number of rotatable bonds is 2. The Bertz CT molecular complexity index is 1070. The van der Waals surface area contributed by atoms with Crippen molar-refractivity contribution in [2.24, 2.45) is 11.8 Å². The molecule has 0 saturated carbocycles. The number of anilines is 1. The maximum atomic E-state index is 14.9. The van der Waals surface area contributed by atoms with Crippen molar-refractivity contribution in [3.8, 4) is 0 Å². The van der Waals surface area contributed by atoms with E-state index < -0.39 is 5.97 Å². The molecule has 2 aromatic rings. The lowest BCUT2D eigenvalue weighted by Gasteiger charge is -2.51. The highest BCUT2D eigenvalue weighted by Crippen LogP contribution is 2.59. The largest absolute Gasteiger partial charge is 0.545 e. The second-order valence-corrected chi connectivity index (χ2v) is 8.71. The molecule has 0 bridgehead atoms. The van der Waals surface area contributed by atoms with E-state index in [4.69, 9.17) is 0 Å². The summed E-state index contributed by atoms with van der Waals surface area (Å²) in [5.41, 5.74) is 4.24. The first kappa shape index (κ1) is 17.0. The molecule has 4 aliphatic rings. The van der Waals surface area contributed by atoms with Gasteiger partial charge in [0.1, 0.15) is 5.82 Å². The molecule has 2 heterocycles. The number of carbonyl (C=O) groups excluding carboxylic acids is 1. The van der Waals surface area contributed by atoms with Gasteiger partial charge >= 0.3 is 0 Å². The first-order valence-corrected chi connectivity index (χ1v) is 10.4. The summed E-state index contributed by atoms with van der Waals surface area (Å²) in [6, 6.07) is 10.7. The summed E-state index contributed by atoms with van der Waals surface area (Å²) < 4.78 is 14.9. The number of carbonyl (C=O) groups is 1. The molecule has 4 heteroatoms. The van der Waals surface area contributed by atoms with Crippen LogP contribution in [0.1, 0.15) is 57.8 Å². The number of hydrogen-bond acceptors (Lipinski definition) is 3. The molecule has 0 spiro atoms. The Hall–Kier alpha value is -2.88. The van der Waals surface area contributed by atoms with Gasteiger partial charge in [-0.25, -0.2) is 4.39 Å². The molecule has 0 radical (unpaired) electrons. The van der Waals surface area contributed by atoms with Crippen LogP contribution >= 0.6 is 0 Å². The average molecular weight is 386 g/mol. The highest BCUT2D eigenvalue weighted by molar-refractivity contribution is 5.89. The van der Waals surface area contributed by atoms with Gasteiger partial charge in [0.25, 0.3) is 0 Å². The van der Waals surface area contributed by atoms with Gasteiger partial charge in [-0.3, -0.25) is 0 Å². The molecule has 0 saturated heterocycles. The second-order valence-electron chi connectivity index (χ2n) is 8.71. The van der Waals surface area contributed by atoms with Gasteiger partial charge in [-0.05, 0) is 59.6 Å². The minimum absolute atomic E-state index is 0.0437. The highest BCUT2D eigenvalue weighted by Gasteiger charge is 2.48. The zero-order valence-corrected chi connectivity index (χ0v) is 15.9. The number of nitrogens with zero attached hydrogens (tertiary/aromatic N) is 1. The predicted molar refractivity (Wildman–Crippen MR) is 107 cm³/mol. The molecular weight excluding hydrogens is 365 g/mol. The summed E-state index contributed by atoms with van der Waals surface area (Å²) in [7, 11) is 0. The van der Waals surface area contributed by atoms with Crippen molar-refractivity contribution < 1.29 is 14.3 Å². The maximum absolute atomic E-state index is 14.9. The first-order chi connectivity index (χ1) is 14.1. The zero-order valence-electron chi connectivity index (χ0n) is 15.9. The topological polar surface area (TPSA) is 43.4 Å². The third kappa shape index (κ3) is 2.32. The van der Waals surface area contributed by atoms with E-state index in [1.165, 1.54) is 0 Å². The Morgan fingerprint density at radius 3 is 2.52 bits per heavy atom. The fraction of sp³-hybridized carbons (Fsp3) is 0.320. The quantitative estimate of drug-likeness (QED) is 0.731. The monoisotopic (exact) mass is 386 g/mol. The number of halogens is 1. The van der Waals surface area contributed by atoms with Crippen molar-refractivity contribution in [2.75, 3.05) is 11.4 Å². The third-order valence-electron chi connectivity index (χ3n) is 7.31. The van der Waals surface area contributed by atoms with Crippen LogP contribution in [0.25, 0.3) is 0 Å². The van der Waals surface area contributed by atoms with Crippen LogP contribution in [0.3, 0.4) is 0 Å². The number of allylic oxidation sites excluding steroid dienone is 4. The van der Waals surface area contributed by atoms with Crippen LogP contribution in [-0.4, -0.2) is 12.5 Å². The molecule has 5 atom stereocenters. The van der Waals surface area contributed by atoms with Crippen molar-refractivity contribution in [1.82, 2.24) is 0 Å². The fourth-order valence-electron chi connectivity index (χ4n) is 6.16. The SMILES string of the molecule is O=C([O-])c1cc2c3c(c1)[C@H]1C=CC[C@@H]1[C@H](c1ccccc1F)N3C[C@H]1CC=C[C@H]21. The number of aromatic carboxylic acids is 1. The highest BCUT2D eigenvalue weighted by atomic mass is 19.1. The van der Waals surface area contributed by atoms with Gasteiger partial charge in [0.15, 0.2) is 0 Å². The number of carboxylic acids is 1. The Morgan fingerprint density at radius 2 is 1.72 bits per heavy atom. The maximum Gasteiger partial charge on any atom is 0.128 e. The molecular formula is C25H21FNO2-. The molecule has 3 nitrogen and oxygen atoms in total. The standard InChI is InChI=1S/C25H22FNO2/c26-22-10-2-1-6-19(22)23-18-9-4-8-17(18)21-12-15(25(28)29)11-20-16-7-3-5-14(16)13-27(23)24(20)21/h1-4,6-8,10-12,14,16-18,23H,5,9,13H2,(H,28,29)/p-1/t14-,16+,17+,18+,23-/m1/s1. The van der Waals surface area contributed by atoms with E-state index in [-0.39, 0.29) is 35.2 Å². The Morgan fingerprint density at radius 1 is 1.00 bits per heavy atom. The van der Waals surface area contributed by atoms with Crippen LogP contribution in [0.4, 0.5) is 10.1 Å². The van der Waals surface area contributed by atoms with E-state index in [9.17, 15) is 14.3 Å². The molecule has 2 aliphatic carbocycles. The van der Waals surface area contributed by atoms with E-state index in [1.54, 1.807) is 24.3 Å². The third-order valence-corrected chi connectivity index (χ3v) is 7.31. The fourth-order valence-corrected chi connectivity index (χ4v) is 6.16. The molecule has 2 aliphatic heterocycles. The lowest BCUT2D eigenvalue weighted by Crippen LogP contribution is -2.46. The molecule has 0 fully saturated rings. The Kier molecular flexibility index (Phi) is 3.55. The van der Waals surface area contributed by atoms with Crippen molar-refractivity contribution in [1.29, 1.82) is 0 Å². The number of fused-ring (bicyclic) bond motifs is 4. The van der Waals surface area contributed by atoms with Gasteiger partial charge in [0, 0.05) is 29.6 Å². The Balaban J connectivity index is 1.62. The van der Waals surface area contributed by atoms with E-state index in [2.05, 4.69) is 29.2 Å². The van der Waals surface area contributed by atoms with Crippen molar-refractivity contribution in [3.63, 3.8) is 0 Å². The minimum Gasteiger partial charge on any atom is -0.545 e. The molecule has 2 aromatic carbocycles. The predicted octanol–water partition coefficient (Wildman–Crippen LogP) is 4.08. The molecule has 0 amide bonds. The van der Waals surface area contributed by atoms with E-state index in [0.717, 1.165) is 41.8 Å². The summed E-state index contributed by atoms with van der Waals surface area (Å²) in [4.78, 5) is 14.1. The lowest BCUT2D eigenvalue weighted by molar-refractivity contribution is -0.255. The van der Waals surface area contributed by atoms with E-state index in [1.807, 2.05) is 12.1 Å². The number of carboxylic acid groups (broad SMARTS) is 1. The molecule has 0 unspecified atom stereocenters. The Labute approximate surface area is 169 Å². The molecule has 146 valence electrons. The van der Waals surface area contributed by atoms with Crippen LogP contribution in [-0.2, 0) is 0 Å². The van der Waals surface area contributed by atoms with Crippen LogP contribution in [0.15, 0.2) is 60.7 Å². The zero-order chi connectivity index (χ0) is 19.7. The molecule has 29 heavy (non-hydrogen) atoms. The van der Waals surface area contributed by atoms with Gasteiger partial charge in [0.05, 0.1) is 12.0 Å². The summed E-state index contributed by atoms with van der Waals surface area (Å²) >= 11 is 0. The minimum atomic E-state index is -1.13. The summed E-state index contributed by atoms with van der Waals surface area (Å²) in [5.74, 6) is -0.364. The van der Waals surface area contributed by atoms with Crippen molar-refractivity contribution in [2.45, 2.75) is 30.7 Å². The van der Waals surface area contributed by atoms with Gasteiger partial charge in [-0.15, -0.1) is 0 Å². The van der Waals surface area contributed by atoms with E-state index in [0.29, 0.717) is 5.92 Å². The van der Waals surface area contributed by atoms with Crippen LogP contribution < -0.4 is 10.0 Å².